The molecule has 13 heavy (non-hydrogen) atoms. The van der Waals surface area contributed by atoms with Crippen LogP contribution in [0.15, 0.2) is 12.4 Å². The van der Waals surface area contributed by atoms with Crippen molar-refractivity contribution in [2.75, 3.05) is 6.54 Å². The summed E-state index contributed by atoms with van der Waals surface area (Å²) in [6, 6.07) is 0. The van der Waals surface area contributed by atoms with E-state index in [9.17, 15) is 0 Å². The normalized spacial score (nSPS) is 12.9. The van der Waals surface area contributed by atoms with Crippen LogP contribution in [0.4, 0.5) is 0 Å². The summed E-state index contributed by atoms with van der Waals surface area (Å²) in [7, 11) is 0. The van der Waals surface area contributed by atoms with E-state index in [0.29, 0.717) is 12.5 Å². The first-order valence-corrected chi connectivity index (χ1v) is 4.82. The highest BCUT2D eigenvalue weighted by atomic mass is 35.5. The van der Waals surface area contributed by atoms with Gasteiger partial charge in [0, 0.05) is 12.4 Å². The van der Waals surface area contributed by atoms with Crippen molar-refractivity contribution in [3.8, 4) is 0 Å². The van der Waals surface area contributed by atoms with Crippen LogP contribution < -0.4 is 5.73 Å². The van der Waals surface area contributed by atoms with E-state index < -0.39 is 0 Å². The molecule has 2 N–H and O–H groups in total. The minimum absolute atomic E-state index is 0.485. The first kappa shape index (κ1) is 10.5. The van der Waals surface area contributed by atoms with E-state index in [0.717, 1.165) is 17.0 Å². The Bertz CT molecular complexity index is 286. The van der Waals surface area contributed by atoms with Crippen LogP contribution >= 0.6 is 11.6 Å². The Morgan fingerprint density at radius 1 is 1.54 bits per heavy atom. The van der Waals surface area contributed by atoms with Gasteiger partial charge in [0.05, 0.1) is 5.02 Å². The highest BCUT2D eigenvalue weighted by Gasteiger charge is 2.06. The van der Waals surface area contributed by atoms with Crippen LogP contribution in [-0.2, 0) is 6.42 Å². The summed E-state index contributed by atoms with van der Waals surface area (Å²) < 4.78 is 0. The van der Waals surface area contributed by atoms with E-state index in [2.05, 4.69) is 11.9 Å². The lowest BCUT2D eigenvalue weighted by Crippen LogP contribution is -2.13. The monoisotopic (exact) mass is 198 g/mol. The molecule has 72 valence electrons. The molecular formula is C10H15ClN2. The van der Waals surface area contributed by atoms with E-state index in [1.807, 2.05) is 13.1 Å². The van der Waals surface area contributed by atoms with E-state index in [-0.39, 0.29) is 0 Å². The number of nitrogens with zero attached hydrogens (tertiary/aromatic N) is 1. The quantitative estimate of drug-likeness (QED) is 0.809. The molecule has 1 rings (SSSR count). The zero-order valence-corrected chi connectivity index (χ0v) is 8.80. The average molecular weight is 199 g/mol. The molecule has 0 spiro atoms. The fraction of sp³-hybridized carbons (Fsp3) is 0.500. The molecule has 0 amide bonds. The maximum Gasteiger partial charge on any atom is 0.0621 e. The second kappa shape index (κ2) is 4.58. The Morgan fingerprint density at radius 2 is 2.23 bits per heavy atom. The molecule has 1 heterocycles. The highest BCUT2D eigenvalue weighted by molar-refractivity contribution is 6.31. The summed E-state index contributed by atoms with van der Waals surface area (Å²) in [6.45, 7) is 4.84. The van der Waals surface area contributed by atoms with Gasteiger partial charge < -0.3 is 5.73 Å². The zero-order chi connectivity index (χ0) is 9.84. The van der Waals surface area contributed by atoms with E-state index in [1.54, 1.807) is 6.20 Å². The molecule has 0 aliphatic rings. The minimum Gasteiger partial charge on any atom is -0.330 e. The van der Waals surface area contributed by atoms with Gasteiger partial charge in [-0.15, -0.1) is 0 Å². The Balaban J connectivity index is 2.83. The maximum absolute atomic E-state index is 5.95. The van der Waals surface area contributed by atoms with Crippen LogP contribution in [0.25, 0.3) is 0 Å². The lowest BCUT2D eigenvalue weighted by atomic mass is 9.99. The molecule has 0 saturated carbocycles. The molecule has 3 heteroatoms. The van der Waals surface area contributed by atoms with Crippen molar-refractivity contribution in [3.05, 3.63) is 28.5 Å². The molecule has 1 aromatic heterocycles. The van der Waals surface area contributed by atoms with Crippen LogP contribution in [0.5, 0.6) is 0 Å². The van der Waals surface area contributed by atoms with Crippen molar-refractivity contribution in [3.63, 3.8) is 0 Å². The molecule has 0 radical (unpaired) electrons. The predicted molar refractivity (Wildman–Crippen MR) is 55.9 cm³/mol. The number of rotatable bonds is 3. The van der Waals surface area contributed by atoms with Gasteiger partial charge >= 0.3 is 0 Å². The fourth-order valence-corrected chi connectivity index (χ4v) is 1.38. The van der Waals surface area contributed by atoms with Crippen molar-refractivity contribution in [1.29, 1.82) is 0 Å². The van der Waals surface area contributed by atoms with Crippen molar-refractivity contribution < 1.29 is 0 Å². The fourth-order valence-electron chi connectivity index (χ4n) is 1.20. The van der Waals surface area contributed by atoms with Crippen LogP contribution in [-0.4, -0.2) is 11.5 Å². The third kappa shape index (κ3) is 2.68. The molecular weight excluding hydrogens is 184 g/mol. The largest absolute Gasteiger partial charge is 0.330 e. The summed E-state index contributed by atoms with van der Waals surface area (Å²) in [4.78, 5) is 4.06. The van der Waals surface area contributed by atoms with Gasteiger partial charge in [0.25, 0.3) is 0 Å². The van der Waals surface area contributed by atoms with Crippen LogP contribution in [0.2, 0.25) is 5.02 Å². The van der Waals surface area contributed by atoms with Gasteiger partial charge in [-0.3, -0.25) is 4.98 Å². The Labute approximate surface area is 84.1 Å². The molecule has 1 aromatic rings. The molecule has 0 saturated heterocycles. The van der Waals surface area contributed by atoms with Gasteiger partial charge in [0.15, 0.2) is 0 Å². The zero-order valence-electron chi connectivity index (χ0n) is 8.05. The lowest BCUT2D eigenvalue weighted by molar-refractivity contribution is 0.590. The van der Waals surface area contributed by atoms with Gasteiger partial charge in [-0.05, 0) is 36.9 Å². The molecule has 1 atom stereocenters. The first-order valence-electron chi connectivity index (χ1n) is 4.44. The van der Waals surface area contributed by atoms with Gasteiger partial charge in [0.2, 0.25) is 0 Å². The molecule has 0 aliphatic heterocycles. The number of aromatic nitrogens is 1. The summed E-state index contributed by atoms with van der Waals surface area (Å²) >= 11 is 5.95. The van der Waals surface area contributed by atoms with E-state index in [4.69, 9.17) is 17.3 Å². The van der Waals surface area contributed by atoms with Gasteiger partial charge in [-0.25, -0.2) is 0 Å². The summed E-state index contributed by atoms with van der Waals surface area (Å²) in [6.07, 6.45) is 4.50. The lowest BCUT2D eigenvalue weighted by Gasteiger charge is -2.10. The third-order valence-corrected chi connectivity index (χ3v) is 2.61. The number of hydrogen-bond acceptors (Lipinski definition) is 2. The number of hydrogen-bond donors (Lipinski definition) is 1. The summed E-state index contributed by atoms with van der Waals surface area (Å²) in [5, 5.41) is 0.738. The average Bonchev–Trinajstić information content (AvgIpc) is 2.13. The second-order valence-corrected chi connectivity index (χ2v) is 3.86. The molecule has 1 unspecified atom stereocenters. The Morgan fingerprint density at radius 3 is 2.85 bits per heavy atom. The predicted octanol–water partition coefficient (Wildman–Crippen LogP) is 2.18. The number of nitrogens with two attached hydrogens (primary N) is 1. The summed E-state index contributed by atoms with van der Waals surface area (Å²) in [5.74, 6) is 0.485. The number of pyridine rings is 1. The van der Waals surface area contributed by atoms with Crippen LogP contribution in [0.3, 0.4) is 0 Å². The maximum atomic E-state index is 5.95. The molecule has 0 bridgehead atoms. The first-order chi connectivity index (χ1) is 6.15. The second-order valence-electron chi connectivity index (χ2n) is 3.45. The number of halogens is 1. The van der Waals surface area contributed by atoms with Crippen molar-refractivity contribution >= 4 is 11.6 Å². The van der Waals surface area contributed by atoms with E-state index >= 15 is 0 Å². The van der Waals surface area contributed by atoms with E-state index in [1.165, 1.54) is 5.56 Å². The Hall–Kier alpha value is -0.600. The minimum atomic E-state index is 0.485. The smallest absolute Gasteiger partial charge is 0.0621 e. The highest BCUT2D eigenvalue weighted by Crippen LogP contribution is 2.19. The summed E-state index contributed by atoms with van der Waals surface area (Å²) in [5.41, 5.74) is 7.88. The van der Waals surface area contributed by atoms with Crippen molar-refractivity contribution in [1.82, 2.24) is 4.98 Å². The topological polar surface area (TPSA) is 38.9 Å². The third-order valence-electron chi connectivity index (χ3n) is 2.23. The van der Waals surface area contributed by atoms with Gasteiger partial charge in [0.1, 0.15) is 0 Å². The SMILES string of the molecule is Cc1c(Cl)cncc1CC(C)CN. The van der Waals surface area contributed by atoms with Crippen molar-refractivity contribution in [2.45, 2.75) is 20.3 Å². The van der Waals surface area contributed by atoms with Crippen molar-refractivity contribution in [2.24, 2.45) is 11.7 Å². The standard InChI is InChI=1S/C10H15ClN2/c1-7(4-12)3-9-5-13-6-10(11)8(9)2/h5-7H,3-4,12H2,1-2H3. The Kier molecular flexibility index (Phi) is 3.70. The van der Waals surface area contributed by atoms with Gasteiger partial charge in [-0.1, -0.05) is 18.5 Å². The molecule has 0 aliphatic carbocycles. The van der Waals surface area contributed by atoms with Crippen LogP contribution in [0.1, 0.15) is 18.1 Å². The van der Waals surface area contributed by atoms with Gasteiger partial charge in [-0.2, -0.15) is 0 Å². The molecule has 0 aromatic carbocycles. The van der Waals surface area contributed by atoms with Crippen LogP contribution in [0, 0.1) is 12.8 Å². The molecule has 2 nitrogen and oxygen atoms in total. The molecule has 0 fully saturated rings.